The van der Waals surface area contributed by atoms with Crippen molar-refractivity contribution in [3.05, 3.63) is 0 Å². The number of carbonyl (C=O) groups is 1. The average molecular weight is 159 g/mol. The number of hydrogen-bond acceptors (Lipinski definition) is 2. The summed E-state index contributed by atoms with van der Waals surface area (Å²) in [7, 11) is 3.34. The first kappa shape index (κ1) is 9.74. The van der Waals surface area contributed by atoms with Gasteiger partial charge >= 0.3 is 5.97 Å². The van der Waals surface area contributed by atoms with Crippen molar-refractivity contribution < 1.29 is 9.90 Å². The van der Waals surface area contributed by atoms with Gasteiger partial charge in [0.25, 0.3) is 0 Å². The van der Waals surface area contributed by atoms with Gasteiger partial charge in [0, 0.05) is 14.1 Å². The molecule has 0 aliphatic carbocycles. The van der Waals surface area contributed by atoms with E-state index in [0.29, 0.717) is 0 Å². The molecular formula is C6H13N3O2. The first-order valence-corrected chi connectivity index (χ1v) is 3.20. The zero-order chi connectivity index (χ0) is 9.02. The molecule has 0 radical (unpaired) electrons. The molecule has 0 heterocycles. The molecule has 1 atom stereocenters. The highest BCUT2D eigenvalue weighted by atomic mass is 16.4. The van der Waals surface area contributed by atoms with E-state index < -0.39 is 12.0 Å². The Labute approximate surface area is 65.5 Å². The van der Waals surface area contributed by atoms with Crippen molar-refractivity contribution in [2.75, 3.05) is 14.1 Å². The van der Waals surface area contributed by atoms with Crippen LogP contribution in [0.5, 0.6) is 0 Å². The predicted octanol–water partition coefficient (Wildman–Crippen LogP) is -0.455. The number of nitrogens with zero attached hydrogens (tertiary/aromatic N) is 1. The molecule has 5 heteroatoms. The highest BCUT2D eigenvalue weighted by Gasteiger charge is 2.11. The van der Waals surface area contributed by atoms with E-state index in [0.717, 1.165) is 0 Å². The van der Waals surface area contributed by atoms with Gasteiger partial charge in [0.1, 0.15) is 6.04 Å². The van der Waals surface area contributed by atoms with E-state index in [1.807, 2.05) is 0 Å². The molecule has 0 aromatic rings. The number of rotatable bonds is 2. The number of nitrogens with one attached hydrogen (secondary N) is 2. The minimum absolute atomic E-state index is 0.0971. The van der Waals surface area contributed by atoms with E-state index in [4.69, 9.17) is 10.5 Å². The van der Waals surface area contributed by atoms with Crippen LogP contribution in [0.3, 0.4) is 0 Å². The lowest BCUT2D eigenvalue weighted by Gasteiger charge is -2.17. The molecule has 0 aliphatic rings. The summed E-state index contributed by atoms with van der Waals surface area (Å²) in [4.78, 5) is 11.8. The molecule has 64 valence electrons. The Morgan fingerprint density at radius 2 is 2.09 bits per heavy atom. The quantitative estimate of drug-likeness (QED) is 0.376. The van der Waals surface area contributed by atoms with Crippen LogP contribution in [0.25, 0.3) is 0 Å². The first-order chi connectivity index (χ1) is 4.95. The van der Waals surface area contributed by atoms with Crippen LogP contribution in [0.4, 0.5) is 0 Å². The molecule has 11 heavy (non-hydrogen) atoms. The third kappa shape index (κ3) is 3.44. The van der Waals surface area contributed by atoms with Crippen LogP contribution in [0.1, 0.15) is 6.92 Å². The van der Waals surface area contributed by atoms with Crippen molar-refractivity contribution >= 4 is 11.9 Å². The molecule has 3 N–H and O–H groups in total. The van der Waals surface area contributed by atoms with Gasteiger partial charge in [0.15, 0.2) is 5.96 Å². The van der Waals surface area contributed by atoms with Crippen LogP contribution in [0.2, 0.25) is 0 Å². The second kappa shape index (κ2) is 3.80. The number of guanidine groups is 1. The van der Waals surface area contributed by atoms with E-state index in [1.165, 1.54) is 11.8 Å². The Morgan fingerprint density at radius 3 is 2.36 bits per heavy atom. The van der Waals surface area contributed by atoms with Crippen molar-refractivity contribution in [2.45, 2.75) is 13.0 Å². The van der Waals surface area contributed by atoms with Crippen LogP contribution in [-0.2, 0) is 4.79 Å². The van der Waals surface area contributed by atoms with E-state index in [2.05, 4.69) is 5.32 Å². The van der Waals surface area contributed by atoms with Gasteiger partial charge in [-0.15, -0.1) is 0 Å². The van der Waals surface area contributed by atoms with Gasteiger partial charge in [-0.1, -0.05) is 0 Å². The normalized spacial score (nSPS) is 11.9. The van der Waals surface area contributed by atoms with Crippen molar-refractivity contribution in [3.63, 3.8) is 0 Å². The molecule has 0 saturated carbocycles. The highest BCUT2D eigenvalue weighted by molar-refractivity contribution is 5.83. The van der Waals surface area contributed by atoms with Crippen molar-refractivity contribution in [1.29, 1.82) is 5.41 Å². The maximum Gasteiger partial charge on any atom is 0.325 e. The molecule has 0 spiro atoms. The SMILES string of the molecule is C[C@H](NC(=N)N(C)C)C(=O)O. The van der Waals surface area contributed by atoms with Crippen molar-refractivity contribution in [1.82, 2.24) is 10.2 Å². The van der Waals surface area contributed by atoms with Crippen LogP contribution < -0.4 is 5.32 Å². The van der Waals surface area contributed by atoms with Crippen LogP contribution in [0.15, 0.2) is 0 Å². The number of carboxylic acids is 1. The molecule has 0 bridgehead atoms. The summed E-state index contributed by atoms with van der Waals surface area (Å²) >= 11 is 0. The Morgan fingerprint density at radius 1 is 1.64 bits per heavy atom. The van der Waals surface area contributed by atoms with Crippen LogP contribution in [-0.4, -0.2) is 42.1 Å². The molecule has 0 saturated heterocycles. The number of carboxylic acid groups (broad SMARTS) is 1. The maximum atomic E-state index is 10.3. The first-order valence-electron chi connectivity index (χ1n) is 3.20. The molecule has 0 aromatic carbocycles. The van der Waals surface area contributed by atoms with Gasteiger partial charge < -0.3 is 15.3 Å². The number of aliphatic carboxylic acids is 1. The topological polar surface area (TPSA) is 76.4 Å². The van der Waals surface area contributed by atoms with Crippen LogP contribution >= 0.6 is 0 Å². The lowest BCUT2D eigenvalue weighted by atomic mass is 10.3. The summed E-state index contributed by atoms with van der Waals surface area (Å²) in [5.74, 6) is -0.864. The molecule has 0 amide bonds. The Kier molecular flexibility index (Phi) is 3.36. The fraction of sp³-hybridized carbons (Fsp3) is 0.667. The lowest BCUT2D eigenvalue weighted by molar-refractivity contribution is -0.138. The van der Waals surface area contributed by atoms with E-state index in [-0.39, 0.29) is 5.96 Å². The van der Waals surface area contributed by atoms with Gasteiger partial charge in [-0.3, -0.25) is 10.2 Å². The van der Waals surface area contributed by atoms with Gasteiger partial charge in [0.05, 0.1) is 0 Å². The molecule has 0 rings (SSSR count). The smallest absolute Gasteiger partial charge is 0.325 e. The molecule has 0 fully saturated rings. The minimum Gasteiger partial charge on any atom is -0.480 e. The number of hydrogen-bond donors (Lipinski definition) is 3. The Bertz CT molecular complexity index is 167. The standard InChI is InChI=1S/C6H13N3O2/c1-4(5(10)11)8-6(7)9(2)3/h4H,1-3H3,(H2,7,8)(H,10,11)/t4-/m0/s1. The summed E-state index contributed by atoms with van der Waals surface area (Å²) in [6, 6.07) is -0.718. The molecule has 0 aliphatic heterocycles. The molecule has 0 unspecified atom stereocenters. The largest absolute Gasteiger partial charge is 0.480 e. The fourth-order valence-corrected chi connectivity index (χ4v) is 0.396. The van der Waals surface area contributed by atoms with Gasteiger partial charge in [-0.25, -0.2) is 0 Å². The molecular weight excluding hydrogens is 146 g/mol. The average Bonchev–Trinajstić information content (AvgIpc) is 1.87. The van der Waals surface area contributed by atoms with Crippen molar-refractivity contribution in [3.8, 4) is 0 Å². The molecule has 5 nitrogen and oxygen atoms in total. The summed E-state index contributed by atoms with van der Waals surface area (Å²) in [5.41, 5.74) is 0. The third-order valence-electron chi connectivity index (χ3n) is 1.17. The van der Waals surface area contributed by atoms with E-state index >= 15 is 0 Å². The summed E-state index contributed by atoms with van der Waals surface area (Å²) in [6.45, 7) is 1.49. The Hall–Kier alpha value is -1.26. The minimum atomic E-state index is -0.961. The second-order valence-electron chi connectivity index (χ2n) is 2.45. The zero-order valence-electron chi connectivity index (χ0n) is 6.88. The van der Waals surface area contributed by atoms with Gasteiger partial charge in [-0.2, -0.15) is 0 Å². The maximum absolute atomic E-state index is 10.3. The van der Waals surface area contributed by atoms with Crippen molar-refractivity contribution in [2.24, 2.45) is 0 Å². The Balaban J connectivity index is 3.85. The third-order valence-corrected chi connectivity index (χ3v) is 1.17. The van der Waals surface area contributed by atoms with Crippen LogP contribution in [0, 0.1) is 5.41 Å². The lowest BCUT2D eigenvalue weighted by Crippen LogP contribution is -2.44. The van der Waals surface area contributed by atoms with Gasteiger partial charge in [0.2, 0.25) is 0 Å². The summed E-state index contributed by atoms with van der Waals surface area (Å²) in [6.07, 6.45) is 0. The monoisotopic (exact) mass is 159 g/mol. The fourth-order valence-electron chi connectivity index (χ4n) is 0.396. The summed E-state index contributed by atoms with van der Waals surface area (Å²) < 4.78 is 0. The molecule has 0 aromatic heterocycles. The van der Waals surface area contributed by atoms with Gasteiger partial charge in [-0.05, 0) is 6.92 Å². The summed E-state index contributed by atoms with van der Waals surface area (Å²) in [5, 5.41) is 18.1. The van der Waals surface area contributed by atoms with E-state index in [9.17, 15) is 4.79 Å². The highest BCUT2D eigenvalue weighted by Crippen LogP contribution is 1.82. The van der Waals surface area contributed by atoms with E-state index in [1.54, 1.807) is 14.1 Å². The second-order valence-corrected chi connectivity index (χ2v) is 2.45. The zero-order valence-corrected chi connectivity index (χ0v) is 6.88. The predicted molar refractivity (Wildman–Crippen MR) is 41.6 cm³/mol.